The lowest BCUT2D eigenvalue weighted by Crippen LogP contribution is -2.15. The van der Waals surface area contributed by atoms with E-state index in [2.05, 4.69) is 9.97 Å². The molecule has 8 heteroatoms. The van der Waals surface area contributed by atoms with Crippen molar-refractivity contribution >= 4 is 38.3 Å². The fraction of sp³-hybridized carbons (Fsp3) is 0.0588. The maximum atomic E-state index is 12.4. The minimum atomic E-state index is -0.607. The summed E-state index contributed by atoms with van der Waals surface area (Å²) in [7, 11) is 0. The molecule has 0 spiro atoms. The van der Waals surface area contributed by atoms with Gasteiger partial charge >= 0.3 is 5.97 Å². The number of carbonyl (C=O) groups excluding carboxylic acids is 1. The van der Waals surface area contributed by atoms with Crippen molar-refractivity contribution < 1.29 is 9.53 Å². The highest BCUT2D eigenvalue weighted by Crippen LogP contribution is 2.23. The van der Waals surface area contributed by atoms with Crippen LogP contribution in [0.15, 0.2) is 53.5 Å². The number of hydrogen-bond acceptors (Lipinski definition) is 7. The number of hydrogen-bond donors (Lipinski definition) is 1. The van der Waals surface area contributed by atoms with Crippen molar-refractivity contribution in [3.63, 3.8) is 0 Å². The highest BCUT2D eigenvalue weighted by Gasteiger charge is 2.14. The monoisotopic (exact) mass is 352 g/mol. The van der Waals surface area contributed by atoms with Gasteiger partial charge in [0.05, 0.1) is 15.9 Å². The molecule has 4 rings (SSSR count). The van der Waals surface area contributed by atoms with Crippen molar-refractivity contribution in [3.05, 3.63) is 70.3 Å². The first kappa shape index (κ1) is 15.3. The molecular formula is C17H12N4O3S. The predicted octanol–water partition coefficient (Wildman–Crippen LogP) is 2.24. The number of pyridine rings is 1. The Morgan fingerprint density at radius 3 is 2.92 bits per heavy atom. The van der Waals surface area contributed by atoms with Crippen molar-refractivity contribution in [2.75, 3.05) is 5.73 Å². The second-order valence-electron chi connectivity index (χ2n) is 5.29. The van der Waals surface area contributed by atoms with E-state index in [0.29, 0.717) is 10.7 Å². The van der Waals surface area contributed by atoms with Crippen LogP contribution in [0.1, 0.15) is 16.1 Å². The fourth-order valence-corrected chi connectivity index (χ4v) is 3.55. The summed E-state index contributed by atoms with van der Waals surface area (Å²) in [6.07, 6.45) is 1.49. The second-order valence-corrected chi connectivity index (χ2v) is 6.29. The summed E-state index contributed by atoms with van der Waals surface area (Å²) in [6, 6.07) is 12.1. The van der Waals surface area contributed by atoms with Gasteiger partial charge in [0.15, 0.2) is 4.96 Å². The minimum absolute atomic E-state index is 0.0977. The van der Waals surface area contributed by atoms with Crippen LogP contribution in [0.4, 0.5) is 5.82 Å². The first-order valence-electron chi connectivity index (χ1n) is 7.41. The molecule has 0 saturated heterocycles. The van der Waals surface area contributed by atoms with Gasteiger partial charge in [-0.15, -0.1) is 0 Å². The summed E-state index contributed by atoms with van der Waals surface area (Å²) in [5.41, 5.74) is 6.82. The van der Waals surface area contributed by atoms with Crippen LogP contribution in [0.25, 0.3) is 15.2 Å². The molecule has 7 nitrogen and oxygen atoms in total. The van der Waals surface area contributed by atoms with Crippen LogP contribution in [0.5, 0.6) is 0 Å². The van der Waals surface area contributed by atoms with Gasteiger partial charge in [0.1, 0.15) is 18.0 Å². The predicted molar refractivity (Wildman–Crippen MR) is 94.6 cm³/mol. The number of anilines is 1. The SMILES string of the molecule is Nc1ncccc1C(=O)OCc1cc(=O)n2c(n1)sc1ccccc12. The highest BCUT2D eigenvalue weighted by atomic mass is 32.1. The molecule has 25 heavy (non-hydrogen) atoms. The summed E-state index contributed by atoms with van der Waals surface area (Å²) in [5.74, 6) is -0.510. The maximum absolute atomic E-state index is 12.4. The van der Waals surface area contributed by atoms with E-state index in [1.54, 1.807) is 10.5 Å². The Morgan fingerprint density at radius 1 is 1.24 bits per heavy atom. The zero-order valence-electron chi connectivity index (χ0n) is 12.9. The largest absolute Gasteiger partial charge is 0.455 e. The zero-order valence-corrected chi connectivity index (χ0v) is 13.7. The number of para-hydroxylation sites is 1. The van der Waals surface area contributed by atoms with Crippen LogP contribution < -0.4 is 11.3 Å². The molecule has 124 valence electrons. The van der Waals surface area contributed by atoms with Gasteiger partial charge in [-0.05, 0) is 24.3 Å². The molecule has 0 amide bonds. The van der Waals surface area contributed by atoms with E-state index in [4.69, 9.17) is 10.5 Å². The van der Waals surface area contributed by atoms with E-state index >= 15 is 0 Å². The number of fused-ring (bicyclic) bond motifs is 3. The van der Waals surface area contributed by atoms with Crippen LogP contribution in [0.3, 0.4) is 0 Å². The molecule has 0 unspecified atom stereocenters. The molecule has 3 heterocycles. The molecule has 0 aliphatic rings. The zero-order chi connectivity index (χ0) is 17.4. The Kier molecular flexibility index (Phi) is 3.66. The van der Waals surface area contributed by atoms with Gasteiger partial charge in [0.2, 0.25) is 0 Å². The third-order valence-corrected chi connectivity index (χ3v) is 4.68. The standard InChI is InChI=1S/C17H12N4O3S/c18-15-11(4-3-7-19-15)16(23)24-9-10-8-14(22)21-12-5-1-2-6-13(12)25-17(21)20-10/h1-8H,9H2,(H2,18,19). The Balaban J connectivity index is 1.64. The topological polar surface area (TPSA) is 99.6 Å². The Labute approximate surface area is 145 Å². The number of aromatic nitrogens is 3. The number of nitrogens with two attached hydrogens (primary N) is 1. The van der Waals surface area contributed by atoms with Crippen LogP contribution in [-0.4, -0.2) is 20.3 Å². The van der Waals surface area contributed by atoms with Gasteiger partial charge < -0.3 is 10.5 Å². The van der Waals surface area contributed by atoms with Crippen LogP contribution in [-0.2, 0) is 11.3 Å². The first-order valence-corrected chi connectivity index (χ1v) is 8.23. The number of ether oxygens (including phenoxy) is 1. The molecule has 0 radical (unpaired) electrons. The maximum Gasteiger partial charge on any atom is 0.342 e. The minimum Gasteiger partial charge on any atom is -0.455 e. The van der Waals surface area contributed by atoms with Gasteiger partial charge in [0.25, 0.3) is 5.56 Å². The number of rotatable bonds is 3. The summed E-state index contributed by atoms with van der Waals surface area (Å²) in [6.45, 7) is -0.118. The number of esters is 1. The lowest BCUT2D eigenvalue weighted by atomic mass is 10.2. The molecule has 0 aliphatic heterocycles. The molecule has 0 fully saturated rings. The normalized spacial score (nSPS) is 11.0. The van der Waals surface area contributed by atoms with Crippen molar-refractivity contribution in [1.82, 2.24) is 14.4 Å². The summed E-state index contributed by atoms with van der Waals surface area (Å²) in [4.78, 5) is 33.3. The smallest absolute Gasteiger partial charge is 0.342 e. The molecule has 0 saturated carbocycles. The number of carbonyl (C=O) groups is 1. The molecule has 1 aromatic carbocycles. The van der Waals surface area contributed by atoms with Gasteiger partial charge in [0, 0.05) is 12.3 Å². The molecule has 0 bridgehead atoms. The second kappa shape index (κ2) is 5.99. The Bertz CT molecular complexity index is 1170. The molecule has 4 aromatic rings. The van der Waals surface area contributed by atoms with E-state index in [1.807, 2.05) is 24.3 Å². The van der Waals surface area contributed by atoms with Crippen LogP contribution in [0.2, 0.25) is 0 Å². The number of nitrogen functional groups attached to an aromatic ring is 1. The van der Waals surface area contributed by atoms with Crippen molar-refractivity contribution in [1.29, 1.82) is 0 Å². The summed E-state index contributed by atoms with van der Waals surface area (Å²) in [5, 5.41) is 0. The van der Waals surface area contributed by atoms with Crippen molar-refractivity contribution in [2.45, 2.75) is 6.61 Å². The lowest BCUT2D eigenvalue weighted by molar-refractivity contribution is 0.0468. The average molecular weight is 352 g/mol. The highest BCUT2D eigenvalue weighted by molar-refractivity contribution is 7.23. The van der Waals surface area contributed by atoms with Gasteiger partial charge in [-0.3, -0.25) is 9.20 Å². The molecule has 0 aliphatic carbocycles. The molecule has 0 atom stereocenters. The van der Waals surface area contributed by atoms with Gasteiger partial charge in [-0.25, -0.2) is 14.8 Å². The van der Waals surface area contributed by atoms with Crippen molar-refractivity contribution in [2.24, 2.45) is 0 Å². The van der Waals surface area contributed by atoms with E-state index in [1.165, 1.54) is 29.7 Å². The molecule has 3 aromatic heterocycles. The lowest BCUT2D eigenvalue weighted by Gasteiger charge is -2.06. The van der Waals surface area contributed by atoms with Gasteiger partial charge in [-0.1, -0.05) is 23.5 Å². The van der Waals surface area contributed by atoms with Crippen molar-refractivity contribution in [3.8, 4) is 0 Å². The van der Waals surface area contributed by atoms with Crippen LogP contribution in [0, 0.1) is 0 Å². The number of thiazole rings is 1. The first-order chi connectivity index (χ1) is 12.1. The third-order valence-electron chi connectivity index (χ3n) is 3.66. The van der Waals surface area contributed by atoms with E-state index < -0.39 is 5.97 Å². The summed E-state index contributed by atoms with van der Waals surface area (Å²) < 4.78 is 7.72. The quantitative estimate of drug-likeness (QED) is 0.568. The number of benzene rings is 1. The fourth-order valence-electron chi connectivity index (χ4n) is 2.50. The van der Waals surface area contributed by atoms with E-state index in [0.717, 1.165) is 10.2 Å². The summed E-state index contributed by atoms with van der Waals surface area (Å²) >= 11 is 1.40. The molecule has 2 N–H and O–H groups in total. The third kappa shape index (κ3) is 2.72. The van der Waals surface area contributed by atoms with Crippen LogP contribution >= 0.6 is 11.3 Å². The van der Waals surface area contributed by atoms with Gasteiger partial charge in [-0.2, -0.15) is 0 Å². The van der Waals surface area contributed by atoms with E-state index in [9.17, 15) is 9.59 Å². The molecular weight excluding hydrogens is 340 g/mol. The average Bonchev–Trinajstić information content (AvgIpc) is 2.99. The Morgan fingerprint density at radius 2 is 2.08 bits per heavy atom. The van der Waals surface area contributed by atoms with E-state index in [-0.39, 0.29) is 23.5 Å². The number of nitrogens with zero attached hydrogens (tertiary/aromatic N) is 3. The Hall–Kier alpha value is -3.26.